The van der Waals surface area contributed by atoms with E-state index in [-0.39, 0.29) is 28.8 Å². The molecule has 0 aliphatic rings. The lowest BCUT2D eigenvalue weighted by molar-refractivity contribution is 0.101. The maximum absolute atomic E-state index is 13.4. The second-order valence-corrected chi connectivity index (χ2v) is 6.99. The second-order valence-electron chi connectivity index (χ2n) is 6.99. The highest BCUT2D eigenvalue weighted by Crippen LogP contribution is 2.18. The molecule has 4 rings (SSSR count). The minimum absolute atomic E-state index is 0.0852. The molecule has 0 spiro atoms. The summed E-state index contributed by atoms with van der Waals surface area (Å²) in [5, 5.41) is 0.269. The van der Waals surface area contributed by atoms with Crippen molar-refractivity contribution in [3.05, 3.63) is 103 Å². The molecule has 0 radical (unpaired) electrons. The van der Waals surface area contributed by atoms with Crippen LogP contribution in [0.15, 0.2) is 69.2 Å². The number of fused-ring (bicyclic) bond motifs is 1. The molecule has 1 aromatic carbocycles. The number of pyridine rings is 2. The molecular weight excluding hydrogens is 384 g/mol. The number of carbonyl (C=O) groups is 1. The van der Waals surface area contributed by atoms with Gasteiger partial charge in [-0.25, -0.2) is 14.3 Å². The number of aromatic nitrogens is 4. The van der Waals surface area contributed by atoms with E-state index in [1.807, 2.05) is 0 Å². The fourth-order valence-electron chi connectivity index (χ4n) is 3.42. The van der Waals surface area contributed by atoms with Gasteiger partial charge in [-0.2, -0.15) is 0 Å². The van der Waals surface area contributed by atoms with Gasteiger partial charge in [0, 0.05) is 35.8 Å². The quantitative estimate of drug-likeness (QED) is 0.524. The first kappa shape index (κ1) is 19.3. The Morgan fingerprint density at radius 2 is 1.90 bits per heavy atom. The number of hydrogen-bond donors (Lipinski definition) is 1. The second kappa shape index (κ2) is 7.40. The number of benzene rings is 1. The van der Waals surface area contributed by atoms with Crippen molar-refractivity contribution in [3.8, 4) is 5.69 Å². The maximum atomic E-state index is 13.4. The number of Topliss-reactive ketones (excluding diaryl/α,β-unsaturated/α-hetero) is 1. The van der Waals surface area contributed by atoms with Crippen LogP contribution >= 0.6 is 0 Å². The zero-order valence-corrected chi connectivity index (χ0v) is 16.4. The molecule has 3 aromatic heterocycles. The molecule has 0 aliphatic heterocycles. The minimum atomic E-state index is -0.588. The number of aromatic amines is 1. The van der Waals surface area contributed by atoms with Crippen molar-refractivity contribution in [1.29, 1.82) is 0 Å². The number of nitrogens with one attached hydrogen (secondary N) is 1. The summed E-state index contributed by atoms with van der Waals surface area (Å²) in [5.74, 6) is -0.0852. The predicted octanol–water partition coefficient (Wildman–Crippen LogP) is 1.80. The molecule has 1 N–H and O–H groups in total. The van der Waals surface area contributed by atoms with Crippen LogP contribution in [0.4, 0.5) is 0 Å². The van der Waals surface area contributed by atoms with Crippen molar-refractivity contribution in [2.75, 3.05) is 0 Å². The van der Waals surface area contributed by atoms with Gasteiger partial charge in [0.25, 0.3) is 5.56 Å². The Hall–Kier alpha value is -4.07. The third-order valence-electron chi connectivity index (χ3n) is 4.90. The summed E-state index contributed by atoms with van der Waals surface area (Å²) < 4.78 is 2.42. The number of ketones is 1. The average molecular weight is 402 g/mol. The van der Waals surface area contributed by atoms with Crippen LogP contribution in [0.1, 0.15) is 28.5 Å². The third kappa shape index (κ3) is 3.28. The van der Waals surface area contributed by atoms with Crippen molar-refractivity contribution < 1.29 is 4.79 Å². The van der Waals surface area contributed by atoms with Crippen LogP contribution in [0.2, 0.25) is 0 Å². The molecule has 150 valence electrons. The predicted molar refractivity (Wildman–Crippen MR) is 113 cm³/mol. The zero-order chi connectivity index (χ0) is 21.4. The number of hydrogen-bond acceptors (Lipinski definition) is 5. The first-order chi connectivity index (χ1) is 14.4. The molecule has 0 amide bonds. The molecule has 8 nitrogen and oxygen atoms in total. The van der Waals surface area contributed by atoms with Gasteiger partial charge >= 0.3 is 5.69 Å². The monoisotopic (exact) mass is 402 g/mol. The Morgan fingerprint density at radius 1 is 1.10 bits per heavy atom. The Labute approximate surface area is 170 Å². The molecule has 3 heterocycles. The number of aryl methyl sites for hydroxylation is 1. The van der Waals surface area contributed by atoms with E-state index in [0.717, 1.165) is 4.57 Å². The highest BCUT2D eigenvalue weighted by molar-refractivity contribution is 5.94. The van der Waals surface area contributed by atoms with Crippen LogP contribution in [-0.4, -0.2) is 24.9 Å². The lowest BCUT2D eigenvalue weighted by Crippen LogP contribution is -2.40. The highest BCUT2D eigenvalue weighted by Gasteiger charge is 2.17. The third-order valence-corrected chi connectivity index (χ3v) is 4.90. The van der Waals surface area contributed by atoms with E-state index in [9.17, 15) is 19.2 Å². The molecule has 0 bridgehead atoms. The fourth-order valence-corrected chi connectivity index (χ4v) is 3.42. The zero-order valence-electron chi connectivity index (χ0n) is 16.4. The van der Waals surface area contributed by atoms with Gasteiger partial charge in [0.1, 0.15) is 0 Å². The number of rotatable bonds is 4. The molecule has 0 saturated carbocycles. The van der Waals surface area contributed by atoms with Crippen LogP contribution in [-0.2, 0) is 6.54 Å². The van der Waals surface area contributed by atoms with Crippen LogP contribution in [0.3, 0.4) is 0 Å². The molecule has 8 heteroatoms. The summed E-state index contributed by atoms with van der Waals surface area (Å²) in [5.41, 5.74) is 1.08. The normalized spacial score (nSPS) is 11.0. The van der Waals surface area contributed by atoms with Crippen molar-refractivity contribution in [1.82, 2.24) is 19.1 Å². The number of carbonyl (C=O) groups excluding carboxylic acids is 1. The van der Waals surface area contributed by atoms with Gasteiger partial charge in [0.05, 0.1) is 17.6 Å². The summed E-state index contributed by atoms with van der Waals surface area (Å²) in [6.45, 7) is 3.16. The summed E-state index contributed by atoms with van der Waals surface area (Å²) >= 11 is 0. The molecule has 0 atom stereocenters. The lowest BCUT2D eigenvalue weighted by Gasteiger charge is -2.15. The Bertz CT molecular complexity index is 1480. The maximum Gasteiger partial charge on any atom is 0.337 e. The van der Waals surface area contributed by atoms with Crippen LogP contribution in [0.25, 0.3) is 16.7 Å². The minimum Gasteiger partial charge on any atom is -0.363 e. The smallest absolute Gasteiger partial charge is 0.337 e. The van der Waals surface area contributed by atoms with Crippen molar-refractivity contribution in [2.24, 2.45) is 0 Å². The average Bonchev–Trinajstić information content (AvgIpc) is 2.72. The molecule has 0 fully saturated rings. The summed E-state index contributed by atoms with van der Waals surface area (Å²) in [6.07, 6.45) is 2.98. The van der Waals surface area contributed by atoms with Crippen LogP contribution < -0.4 is 16.7 Å². The van der Waals surface area contributed by atoms with E-state index in [1.165, 1.54) is 36.0 Å². The van der Waals surface area contributed by atoms with Crippen molar-refractivity contribution >= 4 is 16.8 Å². The van der Waals surface area contributed by atoms with Gasteiger partial charge in [0.2, 0.25) is 0 Å². The van der Waals surface area contributed by atoms with E-state index >= 15 is 0 Å². The van der Waals surface area contributed by atoms with Gasteiger partial charge in [-0.15, -0.1) is 0 Å². The highest BCUT2D eigenvalue weighted by atomic mass is 16.2. The SMILES string of the molecule is CC(=O)c1ccc(-n2c(=O)n(Cc3cc(=O)cc[nH]3)c(=O)c3cccnc32)c(C)c1. The van der Waals surface area contributed by atoms with Gasteiger partial charge in [-0.3, -0.25) is 19.0 Å². The van der Waals surface area contributed by atoms with Crippen molar-refractivity contribution in [2.45, 2.75) is 20.4 Å². The Kier molecular flexibility index (Phi) is 4.75. The van der Waals surface area contributed by atoms with E-state index in [4.69, 9.17) is 0 Å². The topological polar surface area (TPSA) is 107 Å². The summed E-state index contributed by atoms with van der Waals surface area (Å²) in [7, 11) is 0. The molecular formula is C22H18N4O4. The van der Waals surface area contributed by atoms with Gasteiger partial charge < -0.3 is 4.98 Å². The summed E-state index contributed by atoms with van der Waals surface area (Å²) in [6, 6.07) is 10.9. The first-order valence-corrected chi connectivity index (χ1v) is 9.27. The number of H-pyrrole nitrogens is 1. The van der Waals surface area contributed by atoms with E-state index < -0.39 is 11.2 Å². The largest absolute Gasteiger partial charge is 0.363 e. The Morgan fingerprint density at radius 3 is 2.60 bits per heavy atom. The number of nitrogens with zero attached hydrogens (tertiary/aromatic N) is 3. The molecule has 0 unspecified atom stereocenters. The molecule has 0 saturated heterocycles. The molecule has 30 heavy (non-hydrogen) atoms. The van der Waals surface area contributed by atoms with Crippen molar-refractivity contribution in [3.63, 3.8) is 0 Å². The molecule has 4 aromatic rings. The van der Waals surface area contributed by atoms with Gasteiger partial charge in [-0.05, 0) is 49.7 Å². The molecule has 0 aliphatic carbocycles. The van der Waals surface area contributed by atoms with Crippen LogP contribution in [0.5, 0.6) is 0 Å². The van der Waals surface area contributed by atoms with Gasteiger partial charge in [-0.1, -0.05) is 0 Å². The van der Waals surface area contributed by atoms with E-state index in [0.29, 0.717) is 22.5 Å². The lowest BCUT2D eigenvalue weighted by atomic mass is 10.1. The summed E-state index contributed by atoms with van der Waals surface area (Å²) in [4.78, 5) is 56.9. The van der Waals surface area contributed by atoms with Crippen LogP contribution in [0, 0.1) is 6.92 Å². The fraction of sp³-hybridized carbons (Fsp3) is 0.136. The first-order valence-electron chi connectivity index (χ1n) is 9.27. The van der Waals surface area contributed by atoms with Gasteiger partial charge in [0.15, 0.2) is 16.9 Å². The van der Waals surface area contributed by atoms with E-state index in [1.54, 1.807) is 37.3 Å². The Balaban J connectivity index is 2.03. The standard InChI is InChI=1S/C22H18N4O4/c1-13-10-15(14(2)27)5-6-19(13)26-20-18(4-3-8-24-20)21(29)25(22(26)30)12-16-11-17(28)7-9-23-16/h3-11H,12H2,1-2H3,(H,23,28). The van der Waals surface area contributed by atoms with E-state index in [2.05, 4.69) is 9.97 Å².